The van der Waals surface area contributed by atoms with Crippen molar-refractivity contribution in [3.8, 4) is 0 Å². The van der Waals surface area contributed by atoms with Gasteiger partial charge < -0.3 is 10.6 Å². The Balaban J connectivity index is 2.62. The van der Waals surface area contributed by atoms with Crippen molar-refractivity contribution in [1.29, 1.82) is 0 Å². The van der Waals surface area contributed by atoms with Crippen LogP contribution in [0.1, 0.15) is 6.92 Å². The van der Waals surface area contributed by atoms with E-state index < -0.39 is 24.7 Å². The van der Waals surface area contributed by atoms with E-state index in [2.05, 4.69) is 21.2 Å². The first-order valence-corrected chi connectivity index (χ1v) is 6.43. The number of hydrogen-bond acceptors (Lipinski definition) is 2. The van der Waals surface area contributed by atoms with Gasteiger partial charge in [0.05, 0.1) is 15.2 Å². The van der Waals surface area contributed by atoms with E-state index in [1.54, 1.807) is 23.5 Å². The first-order valence-electron chi connectivity index (χ1n) is 5.25. The molecule has 3 nitrogen and oxygen atoms in total. The number of carbonyl (C=O) groups excluding carboxylic acids is 1. The largest absolute Gasteiger partial charge is 0.405 e. The molecule has 8 heteroatoms. The molecule has 0 bridgehead atoms. The van der Waals surface area contributed by atoms with Crippen molar-refractivity contribution >= 4 is 39.1 Å². The maximum Gasteiger partial charge on any atom is 0.405 e. The zero-order valence-corrected chi connectivity index (χ0v) is 12.2. The SMILES string of the molecule is CC(Nc1cccc(Cl)c1Br)C(=O)NCC(F)(F)F. The number of alkyl halides is 3. The molecule has 1 amide bonds. The van der Waals surface area contributed by atoms with Crippen LogP contribution in [0.15, 0.2) is 22.7 Å². The summed E-state index contributed by atoms with van der Waals surface area (Å²) in [6, 6.07) is 4.14. The Kier molecular flexibility index (Phi) is 5.49. The van der Waals surface area contributed by atoms with Gasteiger partial charge in [-0.25, -0.2) is 0 Å². The van der Waals surface area contributed by atoms with E-state index in [1.165, 1.54) is 6.92 Å². The summed E-state index contributed by atoms with van der Waals surface area (Å²) in [6.45, 7) is 0.105. The second-order valence-electron chi connectivity index (χ2n) is 3.80. The Hall–Kier alpha value is -0.950. The molecule has 1 aromatic carbocycles. The van der Waals surface area contributed by atoms with Crippen LogP contribution in [0.5, 0.6) is 0 Å². The molecule has 2 N–H and O–H groups in total. The Bertz CT molecular complexity index is 468. The fourth-order valence-electron chi connectivity index (χ4n) is 1.25. The maximum atomic E-state index is 12.0. The molecule has 1 aromatic rings. The Morgan fingerprint density at radius 1 is 1.47 bits per heavy atom. The smallest absolute Gasteiger partial charge is 0.373 e. The van der Waals surface area contributed by atoms with E-state index in [0.29, 0.717) is 15.2 Å². The minimum Gasteiger partial charge on any atom is -0.373 e. The van der Waals surface area contributed by atoms with Crippen LogP contribution in [-0.2, 0) is 4.79 Å². The van der Waals surface area contributed by atoms with Gasteiger partial charge in [-0.3, -0.25) is 4.79 Å². The van der Waals surface area contributed by atoms with Crippen LogP contribution in [0, 0.1) is 0 Å². The summed E-state index contributed by atoms with van der Waals surface area (Å²) in [5, 5.41) is 5.02. The minimum atomic E-state index is -4.42. The zero-order chi connectivity index (χ0) is 14.6. The van der Waals surface area contributed by atoms with Gasteiger partial charge in [0.2, 0.25) is 5.91 Å². The van der Waals surface area contributed by atoms with Gasteiger partial charge >= 0.3 is 6.18 Å². The summed E-state index contributed by atoms with van der Waals surface area (Å²) >= 11 is 9.08. The Morgan fingerprint density at radius 2 is 2.11 bits per heavy atom. The zero-order valence-electron chi connectivity index (χ0n) is 9.81. The third-order valence-corrected chi connectivity index (χ3v) is 3.58. The van der Waals surface area contributed by atoms with Gasteiger partial charge in [-0.1, -0.05) is 17.7 Å². The monoisotopic (exact) mass is 358 g/mol. The van der Waals surface area contributed by atoms with E-state index in [9.17, 15) is 18.0 Å². The number of halogens is 5. The van der Waals surface area contributed by atoms with Crippen LogP contribution >= 0.6 is 27.5 Å². The van der Waals surface area contributed by atoms with Crippen molar-refractivity contribution in [2.45, 2.75) is 19.1 Å². The summed E-state index contributed by atoms with van der Waals surface area (Å²) in [5.41, 5.74) is 0.530. The minimum absolute atomic E-state index is 0.438. The molecule has 0 aliphatic rings. The lowest BCUT2D eigenvalue weighted by Crippen LogP contribution is -2.42. The molecule has 0 spiro atoms. The topological polar surface area (TPSA) is 41.1 Å². The lowest BCUT2D eigenvalue weighted by Gasteiger charge is -2.17. The second-order valence-corrected chi connectivity index (χ2v) is 5.00. The molecule has 1 unspecified atom stereocenters. The van der Waals surface area contributed by atoms with E-state index >= 15 is 0 Å². The van der Waals surface area contributed by atoms with Gasteiger partial charge in [0, 0.05) is 0 Å². The molecule has 0 aliphatic carbocycles. The Labute approximate surface area is 121 Å². The van der Waals surface area contributed by atoms with Crippen LogP contribution in [0.3, 0.4) is 0 Å². The van der Waals surface area contributed by atoms with Crippen LogP contribution < -0.4 is 10.6 Å². The quantitative estimate of drug-likeness (QED) is 0.863. The normalized spacial score (nSPS) is 12.9. The Morgan fingerprint density at radius 3 is 2.68 bits per heavy atom. The number of nitrogens with one attached hydrogen (secondary N) is 2. The third-order valence-electron chi connectivity index (χ3n) is 2.18. The average molecular weight is 360 g/mol. The molecule has 0 saturated heterocycles. The summed E-state index contributed by atoms with van der Waals surface area (Å²) in [6.07, 6.45) is -4.42. The molecule has 106 valence electrons. The third kappa shape index (κ3) is 5.28. The highest BCUT2D eigenvalue weighted by Crippen LogP contribution is 2.30. The number of hydrogen-bond donors (Lipinski definition) is 2. The highest BCUT2D eigenvalue weighted by atomic mass is 79.9. The van der Waals surface area contributed by atoms with Crippen molar-refractivity contribution < 1.29 is 18.0 Å². The van der Waals surface area contributed by atoms with Crippen molar-refractivity contribution in [3.63, 3.8) is 0 Å². The number of benzene rings is 1. The van der Waals surface area contributed by atoms with E-state index in [1.807, 2.05) is 0 Å². The van der Waals surface area contributed by atoms with Crippen molar-refractivity contribution in [3.05, 3.63) is 27.7 Å². The highest BCUT2D eigenvalue weighted by Gasteiger charge is 2.28. The lowest BCUT2D eigenvalue weighted by molar-refractivity contribution is -0.138. The van der Waals surface area contributed by atoms with Gasteiger partial charge in [-0.05, 0) is 35.0 Å². The first-order chi connectivity index (χ1) is 8.70. The van der Waals surface area contributed by atoms with Crippen molar-refractivity contribution in [1.82, 2.24) is 5.32 Å². The fraction of sp³-hybridized carbons (Fsp3) is 0.364. The first kappa shape index (κ1) is 16.1. The van der Waals surface area contributed by atoms with Gasteiger partial charge in [0.1, 0.15) is 12.6 Å². The van der Waals surface area contributed by atoms with Crippen molar-refractivity contribution in [2.24, 2.45) is 0 Å². The molecule has 0 aliphatic heterocycles. The van der Waals surface area contributed by atoms with E-state index in [-0.39, 0.29) is 0 Å². The molecule has 19 heavy (non-hydrogen) atoms. The van der Waals surface area contributed by atoms with Gasteiger partial charge in [0.25, 0.3) is 0 Å². The summed E-state index contributed by atoms with van der Waals surface area (Å²) in [4.78, 5) is 11.5. The molecule has 0 aromatic heterocycles. The van der Waals surface area contributed by atoms with E-state index in [4.69, 9.17) is 11.6 Å². The summed E-state index contributed by atoms with van der Waals surface area (Å²) in [7, 11) is 0. The van der Waals surface area contributed by atoms with Crippen molar-refractivity contribution in [2.75, 3.05) is 11.9 Å². The molecule has 0 radical (unpaired) electrons. The molecule has 1 atom stereocenters. The molecule has 1 rings (SSSR count). The second kappa shape index (κ2) is 6.47. The molecule has 0 fully saturated rings. The van der Waals surface area contributed by atoms with Crippen LogP contribution in [0.4, 0.5) is 18.9 Å². The fourth-order valence-corrected chi connectivity index (χ4v) is 1.81. The number of anilines is 1. The summed E-state index contributed by atoms with van der Waals surface area (Å²) in [5.74, 6) is -0.746. The van der Waals surface area contributed by atoms with E-state index in [0.717, 1.165) is 0 Å². The van der Waals surface area contributed by atoms with Gasteiger partial charge in [-0.15, -0.1) is 0 Å². The van der Waals surface area contributed by atoms with Gasteiger partial charge in [-0.2, -0.15) is 13.2 Å². The number of amides is 1. The summed E-state index contributed by atoms with van der Waals surface area (Å²) < 4.78 is 36.4. The predicted molar refractivity (Wildman–Crippen MR) is 71.3 cm³/mol. The maximum absolute atomic E-state index is 12.0. The van der Waals surface area contributed by atoms with Crippen LogP contribution in [-0.4, -0.2) is 24.7 Å². The van der Waals surface area contributed by atoms with Crippen LogP contribution in [0.25, 0.3) is 0 Å². The number of rotatable bonds is 4. The average Bonchev–Trinajstić information content (AvgIpc) is 2.31. The van der Waals surface area contributed by atoms with Gasteiger partial charge in [0.15, 0.2) is 0 Å². The predicted octanol–water partition coefficient (Wildman–Crippen LogP) is 3.58. The molecule has 0 heterocycles. The molecular weight excluding hydrogens is 348 g/mol. The molecule has 0 saturated carbocycles. The molecular formula is C11H11BrClF3N2O. The lowest BCUT2D eigenvalue weighted by atomic mass is 10.2. The highest BCUT2D eigenvalue weighted by molar-refractivity contribution is 9.10. The van der Waals surface area contributed by atoms with Crippen LogP contribution in [0.2, 0.25) is 5.02 Å². The number of carbonyl (C=O) groups is 1. The standard InChI is InChI=1S/C11H11BrClF3N2O/c1-6(10(19)17-5-11(14,15)16)18-8-4-2-3-7(13)9(8)12/h2-4,6,18H,5H2,1H3,(H,17,19).